The summed E-state index contributed by atoms with van der Waals surface area (Å²) in [6, 6.07) is 14.4. The molecule has 0 saturated carbocycles. The van der Waals surface area contributed by atoms with Gasteiger partial charge in [-0.3, -0.25) is 9.59 Å². The number of para-hydroxylation sites is 1. The van der Waals surface area contributed by atoms with Crippen LogP contribution in [0.5, 0.6) is 0 Å². The van der Waals surface area contributed by atoms with Crippen molar-refractivity contribution < 1.29 is 9.59 Å². The molecule has 2 rings (SSSR count). The van der Waals surface area contributed by atoms with Gasteiger partial charge in [0, 0.05) is 9.61 Å². The van der Waals surface area contributed by atoms with Gasteiger partial charge in [0.25, 0.3) is 11.8 Å². The topological polar surface area (TPSA) is 58.2 Å². The van der Waals surface area contributed by atoms with Crippen LogP contribution in [0.1, 0.15) is 41.0 Å². The molecule has 0 aliphatic heterocycles. The minimum Gasteiger partial charge on any atom is -0.350 e. The number of carbonyl (C=O) groups excluding carboxylic acids is 2. The highest BCUT2D eigenvalue weighted by Crippen LogP contribution is 2.18. The number of hydrogen-bond donors (Lipinski definition) is 2. The van der Waals surface area contributed by atoms with Gasteiger partial charge in [-0.05, 0) is 60.2 Å². The van der Waals surface area contributed by atoms with Crippen molar-refractivity contribution in [2.45, 2.75) is 26.3 Å². The van der Waals surface area contributed by atoms with Gasteiger partial charge >= 0.3 is 0 Å². The van der Waals surface area contributed by atoms with E-state index < -0.39 is 0 Å². The number of halogens is 1. The van der Waals surface area contributed by atoms with Gasteiger partial charge in [-0.1, -0.05) is 31.2 Å². The van der Waals surface area contributed by atoms with E-state index in [1.165, 1.54) is 0 Å². The molecule has 0 aliphatic carbocycles. The maximum Gasteiger partial charge on any atom is 0.256 e. The molecule has 1 atom stereocenters. The molecule has 2 N–H and O–H groups in total. The van der Waals surface area contributed by atoms with Crippen LogP contribution in [0, 0.1) is 3.57 Å². The van der Waals surface area contributed by atoms with Crippen molar-refractivity contribution in [2.24, 2.45) is 0 Å². The molecule has 0 fully saturated rings. The highest BCUT2D eigenvalue weighted by molar-refractivity contribution is 14.1. The Balaban J connectivity index is 2.22. The van der Waals surface area contributed by atoms with E-state index in [0.29, 0.717) is 16.8 Å². The Morgan fingerprint density at radius 1 is 1.00 bits per heavy atom. The number of amides is 2. The van der Waals surface area contributed by atoms with Crippen LogP contribution >= 0.6 is 22.6 Å². The molecule has 0 aliphatic rings. The average Bonchev–Trinajstić information content (AvgIpc) is 2.55. The number of carbonyl (C=O) groups is 2. The van der Waals surface area contributed by atoms with Gasteiger partial charge in [-0.2, -0.15) is 0 Å². The van der Waals surface area contributed by atoms with E-state index in [0.717, 1.165) is 9.99 Å². The molecule has 0 radical (unpaired) electrons. The number of hydrogen-bond acceptors (Lipinski definition) is 2. The van der Waals surface area contributed by atoms with Crippen molar-refractivity contribution in [3.05, 3.63) is 63.2 Å². The first-order chi connectivity index (χ1) is 11.0. The lowest BCUT2D eigenvalue weighted by Crippen LogP contribution is -2.32. The first kappa shape index (κ1) is 17.5. The van der Waals surface area contributed by atoms with Crippen LogP contribution < -0.4 is 10.6 Å². The maximum atomic E-state index is 12.4. The lowest BCUT2D eigenvalue weighted by Gasteiger charge is -2.15. The monoisotopic (exact) mass is 422 g/mol. The average molecular weight is 422 g/mol. The summed E-state index contributed by atoms with van der Waals surface area (Å²) in [6.45, 7) is 3.96. The quantitative estimate of drug-likeness (QED) is 0.714. The van der Waals surface area contributed by atoms with Crippen molar-refractivity contribution >= 4 is 40.1 Å². The van der Waals surface area contributed by atoms with Crippen LogP contribution in [0.2, 0.25) is 0 Å². The van der Waals surface area contributed by atoms with Gasteiger partial charge in [0.05, 0.1) is 16.8 Å². The first-order valence-corrected chi connectivity index (χ1v) is 8.56. The third kappa shape index (κ3) is 4.54. The smallest absolute Gasteiger partial charge is 0.256 e. The molecule has 23 heavy (non-hydrogen) atoms. The van der Waals surface area contributed by atoms with E-state index in [1.807, 2.05) is 32.0 Å². The Morgan fingerprint density at radius 3 is 2.26 bits per heavy atom. The van der Waals surface area contributed by atoms with E-state index in [4.69, 9.17) is 0 Å². The van der Waals surface area contributed by atoms with Crippen molar-refractivity contribution in [3.8, 4) is 0 Å². The van der Waals surface area contributed by atoms with E-state index in [9.17, 15) is 9.59 Å². The lowest BCUT2D eigenvalue weighted by atomic mass is 10.1. The summed E-state index contributed by atoms with van der Waals surface area (Å²) in [5, 5.41) is 5.75. The zero-order valence-electron chi connectivity index (χ0n) is 13.1. The minimum absolute atomic E-state index is 0.0846. The van der Waals surface area contributed by atoms with E-state index >= 15 is 0 Å². The highest BCUT2D eigenvalue weighted by atomic mass is 127. The molecule has 0 aromatic heterocycles. The number of rotatable bonds is 5. The van der Waals surface area contributed by atoms with Crippen molar-refractivity contribution in [3.63, 3.8) is 0 Å². The fourth-order valence-electron chi connectivity index (χ4n) is 2.03. The molecule has 0 saturated heterocycles. The predicted molar refractivity (Wildman–Crippen MR) is 101 cm³/mol. The summed E-state index contributed by atoms with van der Waals surface area (Å²) in [5.74, 6) is -0.406. The summed E-state index contributed by atoms with van der Waals surface area (Å²) < 4.78 is 0.865. The van der Waals surface area contributed by atoms with Crippen molar-refractivity contribution in [2.75, 3.05) is 5.32 Å². The Kier molecular flexibility index (Phi) is 6.15. The van der Waals surface area contributed by atoms with E-state index in [2.05, 4.69) is 33.2 Å². The fourth-order valence-corrected chi connectivity index (χ4v) is 2.66. The molecule has 2 aromatic carbocycles. The molecule has 2 amide bonds. The Bertz CT molecular complexity index is 716. The summed E-state index contributed by atoms with van der Waals surface area (Å²) >= 11 is 2.12. The first-order valence-electron chi connectivity index (χ1n) is 7.48. The van der Waals surface area contributed by atoms with Gasteiger partial charge in [0.2, 0.25) is 0 Å². The second-order valence-electron chi connectivity index (χ2n) is 5.26. The third-order valence-electron chi connectivity index (χ3n) is 3.53. The van der Waals surface area contributed by atoms with Crippen LogP contribution in [0.15, 0.2) is 48.5 Å². The second-order valence-corrected chi connectivity index (χ2v) is 6.42. The van der Waals surface area contributed by atoms with Gasteiger partial charge in [0.1, 0.15) is 0 Å². The Morgan fingerprint density at radius 2 is 1.61 bits per heavy atom. The third-order valence-corrected chi connectivity index (χ3v) is 4.47. The standard InChI is InChI=1S/C18H19IN2O2/c1-3-12(2)20-18(23)14-9-5-7-11-16(14)21-17(22)13-8-4-6-10-15(13)19/h4-12H,3H2,1-2H3,(H,20,23)(H,21,22)/t12-/m1/s1. The number of anilines is 1. The molecule has 0 bridgehead atoms. The molecule has 0 spiro atoms. The predicted octanol–water partition coefficient (Wildman–Crippen LogP) is 4.07. The SMILES string of the molecule is CC[C@@H](C)NC(=O)c1ccccc1NC(=O)c1ccccc1I. The van der Waals surface area contributed by atoms with Gasteiger partial charge in [-0.25, -0.2) is 0 Å². The second kappa shape index (κ2) is 8.10. The van der Waals surface area contributed by atoms with Gasteiger partial charge < -0.3 is 10.6 Å². The highest BCUT2D eigenvalue weighted by Gasteiger charge is 2.16. The molecule has 4 nitrogen and oxygen atoms in total. The van der Waals surface area contributed by atoms with E-state index in [-0.39, 0.29) is 17.9 Å². The lowest BCUT2D eigenvalue weighted by molar-refractivity contribution is 0.0940. The number of nitrogens with one attached hydrogen (secondary N) is 2. The van der Waals surface area contributed by atoms with Crippen LogP contribution in [-0.4, -0.2) is 17.9 Å². The van der Waals surface area contributed by atoms with Crippen molar-refractivity contribution in [1.29, 1.82) is 0 Å². The summed E-state index contributed by atoms with van der Waals surface area (Å²) in [6.07, 6.45) is 0.850. The van der Waals surface area contributed by atoms with Crippen LogP contribution in [0.4, 0.5) is 5.69 Å². The zero-order valence-corrected chi connectivity index (χ0v) is 15.3. The molecule has 120 valence electrons. The molecule has 2 aromatic rings. The zero-order chi connectivity index (χ0) is 16.8. The number of benzene rings is 2. The minimum atomic E-state index is -0.223. The van der Waals surface area contributed by atoms with Crippen molar-refractivity contribution in [1.82, 2.24) is 5.32 Å². The molecular formula is C18H19IN2O2. The largest absolute Gasteiger partial charge is 0.350 e. The maximum absolute atomic E-state index is 12.4. The van der Waals surface area contributed by atoms with Gasteiger partial charge in [-0.15, -0.1) is 0 Å². The summed E-state index contributed by atoms with van der Waals surface area (Å²) in [5.41, 5.74) is 1.57. The van der Waals surface area contributed by atoms with E-state index in [1.54, 1.807) is 30.3 Å². The van der Waals surface area contributed by atoms with Crippen LogP contribution in [-0.2, 0) is 0 Å². The summed E-state index contributed by atoms with van der Waals surface area (Å²) in [7, 11) is 0. The van der Waals surface area contributed by atoms with Crippen LogP contribution in [0.25, 0.3) is 0 Å². The fraction of sp³-hybridized carbons (Fsp3) is 0.222. The molecular weight excluding hydrogens is 403 g/mol. The Hall–Kier alpha value is -1.89. The molecule has 0 unspecified atom stereocenters. The van der Waals surface area contributed by atoms with Gasteiger partial charge in [0.15, 0.2) is 0 Å². The Labute approximate surface area is 149 Å². The normalized spacial score (nSPS) is 11.6. The van der Waals surface area contributed by atoms with Crippen LogP contribution in [0.3, 0.4) is 0 Å². The summed E-state index contributed by atoms with van der Waals surface area (Å²) in [4.78, 5) is 24.8. The molecule has 5 heteroatoms. The molecule has 0 heterocycles.